The highest BCUT2D eigenvalue weighted by Gasteiger charge is 2.35. The molecule has 1 aliphatic rings. The van der Waals surface area contributed by atoms with Crippen molar-refractivity contribution in [3.8, 4) is 0 Å². The number of nitrogens with zero attached hydrogens (tertiary/aromatic N) is 2. The van der Waals surface area contributed by atoms with Gasteiger partial charge in [0.15, 0.2) is 5.88 Å². The quantitative estimate of drug-likeness (QED) is 0.424. The molecule has 1 amide bonds. The monoisotopic (exact) mass is 423 g/mol. The number of hydrogen-bond acceptors (Lipinski definition) is 7. The fourth-order valence-corrected chi connectivity index (χ4v) is 2.78. The summed E-state index contributed by atoms with van der Waals surface area (Å²) in [7, 11) is 0. The van der Waals surface area contributed by atoms with Crippen LogP contribution in [0.2, 0.25) is 0 Å². The molecule has 1 heterocycles. The summed E-state index contributed by atoms with van der Waals surface area (Å²) in [6.07, 6.45) is 1.55. The second-order valence-corrected chi connectivity index (χ2v) is 7.72. The van der Waals surface area contributed by atoms with Crippen molar-refractivity contribution in [3.63, 3.8) is 0 Å². The summed E-state index contributed by atoms with van der Waals surface area (Å²) < 4.78 is 30.5. The molecule has 10 heteroatoms. The predicted molar refractivity (Wildman–Crippen MR) is 108 cm³/mol. The van der Waals surface area contributed by atoms with Gasteiger partial charge in [0.1, 0.15) is 18.0 Å². The Morgan fingerprint density at radius 1 is 1.50 bits per heavy atom. The molecule has 1 aliphatic heterocycles. The van der Waals surface area contributed by atoms with E-state index in [0.717, 1.165) is 6.07 Å². The van der Waals surface area contributed by atoms with Crippen LogP contribution in [0.5, 0.6) is 0 Å². The van der Waals surface area contributed by atoms with Crippen LogP contribution in [0.25, 0.3) is 6.08 Å². The van der Waals surface area contributed by atoms with Gasteiger partial charge in [-0.15, -0.1) is 0 Å². The summed E-state index contributed by atoms with van der Waals surface area (Å²) >= 11 is 0. The maximum absolute atomic E-state index is 14.1. The van der Waals surface area contributed by atoms with Crippen LogP contribution in [-0.2, 0) is 14.2 Å². The molecule has 2 rings (SSSR count). The topological polar surface area (TPSA) is 117 Å². The van der Waals surface area contributed by atoms with E-state index in [1.54, 1.807) is 20.8 Å². The van der Waals surface area contributed by atoms with Crippen molar-refractivity contribution < 1.29 is 28.3 Å². The van der Waals surface area contributed by atoms with Crippen molar-refractivity contribution in [1.82, 2.24) is 4.90 Å². The van der Waals surface area contributed by atoms with Crippen LogP contribution >= 0.6 is 0 Å². The maximum Gasteiger partial charge on any atom is 0.410 e. The number of nitro groups is 1. The Balaban J connectivity index is 2.20. The number of morpholine rings is 1. The smallest absolute Gasteiger partial charge is 0.410 e. The average Bonchev–Trinajstić information content (AvgIpc) is 2.63. The molecule has 0 aromatic heterocycles. The van der Waals surface area contributed by atoms with Crippen molar-refractivity contribution in [3.05, 3.63) is 58.2 Å². The Bertz CT molecular complexity index is 836. The highest BCUT2D eigenvalue weighted by molar-refractivity contribution is 5.69. The van der Waals surface area contributed by atoms with Gasteiger partial charge in [0.2, 0.25) is 0 Å². The van der Waals surface area contributed by atoms with Crippen LogP contribution in [0.3, 0.4) is 0 Å². The molecule has 1 aromatic carbocycles. The van der Waals surface area contributed by atoms with Crippen LogP contribution in [-0.4, -0.2) is 53.4 Å². The van der Waals surface area contributed by atoms with E-state index >= 15 is 0 Å². The van der Waals surface area contributed by atoms with Crippen LogP contribution in [0, 0.1) is 15.9 Å². The number of carbonyl (C=O) groups excluding carboxylic acids is 1. The minimum absolute atomic E-state index is 0.00743. The van der Waals surface area contributed by atoms with Crippen molar-refractivity contribution in [2.45, 2.75) is 38.5 Å². The van der Waals surface area contributed by atoms with E-state index in [2.05, 4.69) is 6.58 Å². The number of nitro benzene ring substituents is 1. The Labute approximate surface area is 174 Å². The number of benzene rings is 1. The summed E-state index contributed by atoms with van der Waals surface area (Å²) in [6.45, 7) is 8.93. The molecule has 1 saturated heterocycles. The fourth-order valence-electron chi connectivity index (χ4n) is 2.78. The van der Waals surface area contributed by atoms with E-state index in [1.807, 2.05) is 0 Å². The minimum atomic E-state index is -0.729. The van der Waals surface area contributed by atoms with Crippen molar-refractivity contribution in [2.75, 3.05) is 19.8 Å². The lowest BCUT2D eigenvalue weighted by molar-refractivity contribution is -0.385. The normalized spacial score (nSPS) is 19.5. The first-order chi connectivity index (χ1) is 14.0. The van der Waals surface area contributed by atoms with Crippen LogP contribution in [0.4, 0.5) is 14.9 Å². The third-order valence-electron chi connectivity index (χ3n) is 4.11. The molecule has 0 bridgehead atoms. The molecular formula is C20H26FN3O6. The highest BCUT2D eigenvalue weighted by atomic mass is 19.1. The predicted octanol–water partition coefficient (Wildman–Crippen LogP) is 3.20. The van der Waals surface area contributed by atoms with E-state index in [-0.39, 0.29) is 36.9 Å². The zero-order valence-corrected chi connectivity index (χ0v) is 17.2. The molecule has 0 radical (unpaired) electrons. The van der Waals surface area contributed by atoms with Gasteiger partial charge in [0, 0.05) is 6.07 Å². The van der Waals surface area contributed by atoms with Gasteiger partial charge in [0.25, 0.3) is 5.69 Å². The van der Waals surface area contributed by atoms with E-state index in [4.69, 9.17) is 19.9 Å². The maximum atomic E-state index is 14.1. The zero-order chi connectivity index (χ0) is 22.5. The van der Waals surface area contributed by atoms with Gasteiger partial charge in [-0.1, -0.05) is 12.1 Å². The third kappa shape index (κ3) is 6.45. The summed E-state index contributed by atoms with van der Waals surface area (Å²) in [6, 6.07) is 3.13. The highest BCUT2D eigenvalue weighted by Crippen LogP contribution is 2.24. The first kappa shape index (κ1) is 23.1. The lowest BCUT2D eigenvalue weighted by Crippen LogP contribution is -2.54. The summed E-state index contributed by atoms with van der Waals surface area (Å²) in [5.41, 5.74) is 4.19. The Kier molecular flexibility index (Phi) is 7.38. The lowest BCUT2D eigenvalue weighted by Gasteiger charge is -2.39. The Morgan fingerprint density at radius 2 is 2.20 bits per heavy atom. The molecule has 1 fully saturated rings. The van der Waals surface area contributed by atoms with Gasteiger partial charge >= 0.3 is 6.09 Å². The van der Waals surface area contributed by atoms with E-state index < -0.39 is 34.6 Å². The SMILES string of the molecule is C=C(N)OC[C@@H]1CO[C@H](/C=C/c2c(F)cccc2[N+](=O)[O-])CN1C(=O)OC(C)(C)C. The lowest BCUT2D eigenvalue weighted by atomic mass is 10.1. The van der Waals surface area contributed by atoms with Crippen molar-refractivity contribution in [2.24, 2.45) is 5.73 Å². The molecular weight excluding hydrogens is 397 g/mol. The molecule has 0 unspecified atom stereocenters. The van der Waals surface area contributed by atoms with Crippen LogP contribution < -0.4 is 5.73 Å². The molecule has 2 N–H and O–H groups in total. The molecule has 1 aromatic rings. The largest absolute Gasteiger partial charge is 0.478 e. The fraction of sp³-hybridized carbons (Fsp3) is 0.450. The second kappa shape index (κ2) is 9.57. The number of hydrogen-bond donors (Lipinski definition) is 1. The van der Waals surface area contributed by atoms with E-state index in [9.17, 15) is 19.3 Å². The number of nitrogens with two attached hydrogens (primary N) is 1. The molecule has 0 aliphatic carbocycles. The minimum Gasteiger partial charge on any atom is -0.478 e. The van der Waals surface area contributed by atoms with Crippen LogP contribution in [0.1, 0.15) is 26.3 Å². The molecule has 164 valence electrons. The number of carbonyl (C=O) groups is 1. The van der Waals surface area contributed by atoms with Crippen molar-refractivity contribution >= 4 is 17.9 Å². The zero-order valence-electron chi connectivity index (χ0n) is 17.2. The number of halogens is 1. The van der Waals surface area contributed by atoms with Crippen LogP contribution in [0.15, 0.2) is 36.7 Å². The van der Waals surface area contributed by atoms with E-state index in [0.29, 0.717) is 0 Å². The number of rotatable bonds is 6. The van der Waals surface area contributed by atoms with Gasteiger partial charge < -0.3 is 19.9 Å². The standard InChI is InChI=1S/C20H26FN3O6/c1-13(22)28-11-14-12-29-15(10-23(14)19(25)30-20(2,3)4)8-9-16-17(21)6-5-7-18(16)24(26)27/h5-9,14-15H,1,10-12,22H2,2-4H3/b9-8+/t14-,15-/m1/s1. The number of amides is 1. The molecule has 0 saturated carbocycles. The Morgan fingerprint density at radius 3 is 2.80 bits per heavy atom. The van der Waals surface area contributed by atoms with Crippen molar-refractivity contribution in [1.29, 1.82) is 0 Å². The Hall–Kier alpha value is -3.14. The molecule has 30 heavy (non-hydrogen) atoms. The number of ether oxygens (including phenoxy) is 3. The van der Waals surface area contributed by atoms with Gasteiger partial charge in [-0.25, -0.2) is 9.18 Å². The van der Waals surface area contributed by atoms with Gasteiger partial charge in [-0.3, -0.25) is 15.0 Å². The first-order valence-electron chi connectivity index (χ1n) is 9.27. The van der Waals surface area contributed by atoms with E-state index in [1.165, 1.54) is 29.2 Å². The molecule has 9 nitrogen and oxygen atoms in total. The third-order valence-corrected chi connectivity index (χ3v) is 4.11. The second-order valence-electron chi connectivity index (χ2n) is 7.72. The summed E-state index contributed by atoms with van der Waals surface area (Å²) in [4.78, 5) is 24.6. The van der Waals surface area contributed by atoms with Gasteiger partial charge in [-0.05, 0) is 39.5 Å². The summed E-state index contributed by atoms with van der Waals surface area (Å²) in [5.74, 6) is -0.721. The molecule has 0 spiro atoms. The van der Waals surface area contributed by atoms with Gasteiger partial charge in [0.05, 0.1) is 35.8 Å². The first-order valence-corrected chi connectivity index (χ1v) is 9.27. The average molecular weight is 423 g/mol. The van der Waals surface area contributed by atoms with Gasteiger partial charge in [-0.2, -0.15) is 0 Å². The summed E-state index contributed by atoms with van der Waals surface area (Å²) in [5, 5.41) is 11.1. The molecule has 2 atom stereocenters.